The summed E-state index contributed by atoms with van der Waals surface area (Å²) in [6, 6.07) is 44.5. The molecule has 1 aliphatic rings. The Balaban J connectivity index is 0.834. The molecule has 0 saturated carbocycles. The summed E-state index contributed by atoms with van der Waals surface area (Å²) >= 11 is 0. The van der Waals surface area contributed by atoms with Gasteiger partial charge in [-0.15, -0.1) is 20.4 Å². The highest BCUT2D eigenvalue weighted by Crippen LogP contribution is 2.28. The van der Waals surface area contributed by atoms with Crippen molar-refractivity contribution in [3.05, 3.63) is 144 Å². The van der Waals surface area contributed by atoms with Gasteiger partial charge in [0, 0.05) is 50.4 Å². The van der Waals surface area contributed by atoms with Crippen LogP contribution in [0.3, 0.4) is 0 Å². The van der Waals surface area contributed by atoms with E-state index in [1.54, 1.807) is 0 Å². The molecule has 52 heavy (non-hydrogen) atoms. The van der Waals surface area contributed by atoms with Crippen LogP contribution >= 0.6 is 0 Å². The van der Waals surface area contributed by atoms with Crippen LogP contribution in [0.25, 0.3) is 33.6 Å². The van der Waals surface area contributed by atoms with Crippen LogP contribution in [0.5, 0.6) is 0 Å². The number of benzene rings is 4. The molecule has 0 unspecified atom stereocenters. The molecule has 8 nitrogen and oxygen atoms in total. The Hall–Kier alpha value is -5.44. The molecule has 0 saturated heterocycles. The van der Waals surface area contributed by atoms with E-state index in [9.17, 15) is 0 Å². The van der Waals surface area contributed by atoms with Gasteiger partial charge in [-0.1, -0.05) is 110 Å². The monoisotopic (exact) mass is 688 g/mol. The molecule has 1 aliphatic heterocycles. The number of aromatic nitrogens is 4. The lowest BCUT2D eigenvalue weighted by atomic mass is 9.97. The van der Waals surface area contributed by atoms with Crippen molar-refractivity contribution < 1.29 is 0 Å². The number of rotatable bonds is 16. The van der Waals surface area contributed by atoms with Crippen molar-refractivity contribution in [2.45, 2.75) is 38.8 Å². The predicted molar refractivity (Wildman–Crippen MR) is 213 cm³/mol. The van der Waals surface area contributed by atoms with Crippen LogP contribution in [-0.2, 0) is 19.5 Å². The van der Waals surface area contributed by atoms with Crippen LogP contribution in [0.2, 0.25) is 0 Å². The minimum absolute atomic E-state index is 0.812. The molecule has 0 radical (unpaired) electrons. The second-order valence-electron chi connectivity index (χ2n) is 13.7. The maximum atomic E-state index is 4.54. The largest absolute Gasteiger partial charge is 0.369 e. The maximum absolute atomic E-state index is 4.54. The van der Waals surface area contributed by atoms with Crippen molar-refractivity contribution >= 4 is 11.6 Å². The number of unbranched alkanes of at least 4 members (excludes halogenated alkanes) is 2. The van der Waals surface area contributed by atoms with Gasteiger partial charge < -0.3 is 15.5 Å². The maximum Gasteiger partial charge on any atom is 0.148 e. The summed E-state index contributed by atoms with van der Waals surface area (Å²) in [7, 11) is 2.21. The molecule has 0 fully saturated rings. The first kappa shape index (κ1) is 35.0. The Morgan fingerprint density at radius 1 is 0.577 bits per heavy atom. The minimum Gasteiger partial charge on any atom is -0.369 e. The highest BCUT2D eigenvalue weighted by atomic mass is 15.2. The molecule has 0 aliphatic carbocycles. The molecule has 2 N–H and O–H groups in total. The first-order valence-corrected chi connectivity index (χ1v) is 18.5. The van der Waals surface area contributed by atoms with Crippen LogP contribution < -0.4 is 10.6 Å². The fourth-order valence-corrected chi connectivity index (χ4v) is 6.89. The molecule has 0 amide bonds. The van der Waals surface area contributed by atoms with Gasteiger partial charge in [0.2, 0.25) is 0 Å². The molecule has 0 spiro atoms. The summed E-state index contributed by atoms with van der Waals surface area (Å²) in [5.41, 5.74) is 10.7. The van der Waals surface area contributed by atoms with E-state index in [0.29, 0.717) is 0 Å². The molecule has 7 rings (SSSR count). The lowest BCUT2D eigenvalue weighted by Gasteiger charge is -2.28. The van der Waals surface area contributed by atoms with Crippen molar-refractivity contribution in [1.29, 1.82) is 0 Å². The summed E-state index contributed by atoms with van der Waals surface area (Å²) < 4.78 is 0. The van der Waals surface area contributed by atoms with Gasteiger partial charge in [-0.3, -0.25) is 4.90 Å². The molecule has 8 heteroatoms. The van der Waals surface area contributed by atoms with E-state index in [1.807, 2.05) is 36.4 Å². The predicted octanol–water partition coefficient (Wildman–Crippen LogP) is 8.45. The van der Waals surface area contributed by atoms with Crippen LogP contribution in [-0.4, -0.2) is 70.0 Å². The molecule has 264 valence electrons. The molecular formula is C44H48N8. The third-order valence-electron chi connectivity index (χ3n) is 9.81. The van der Waals surface area contributed by atoms with Gasteiger partial charge in [-0.2, -0.15) is 0 Å². The SMILES string of the molecule is CN(CCCCCNc1ccc(-c2ccccc2)nn1)Cc1ccccc1-c1ccc(-c2ccc(NCCN3CCc4ccccc4C3)nn2)cc1. The number of anilines is 2. The number of hydrogen-bond acceptors (Lipinski definition) is 8. The van der Waals surface area contributed by atoms with Crippen LogP contribution in [0.4, 0.5) is 11.6 Å². The lowest BCUT2D eigenvalue weighted by molar-refractivity contribution is 0.264. The number of nitrogens with one attached hydrogen (secondary N) is 2. The normalized spacial score (nSPS) is 12.8. The van der Waals surface area contributed by atoms with Gasteiger partial charge in [0.25, 0.3) is 0 Å². The Morgan fingerprint density at radius 3 is 1.94 bits per heavy atom. The smallest absolute Gasteiger partial charge is 0.148 e. The summed E-state index contributed by atoms with van der Waals surface area (Å²) in [6.07, 6.45) is 4.52. The van der Waals surface area contributed by atoms with E-state index < -0.39 is 0 Å². The average molecular weight is 689 g/mol. The standard InChI is InChI=1S/C44H48N8/c1-51(29-11-3-10-27-45-43-24-22-41(47-49-43)36-13-4-2-5-14-36)32-39-16-8-9-17-40(39)35-18-20-37(21-19-35)42-23-25-44(50-48-42)46-28-31-52-30-26-34-12-6-7-15-38(34)33-52/h2,4-9,12-25H,3,10-11,26-33H2,1H3,(H,45,49)(H,46,50). The van der Waals surface area contributed by atoms with E-state index >= 15 is 0 Å². The molecular weight excluding hydrogens is 641 g/mol. The molecule has 3 heterocycles. The van der Waals surface area contributed by atoms with E-state index in [0.717, 1.165) is 106 Å². The summed E-state index contributed by atoms with van der Waals surface area (Å²) in [5.74, 6) is 1.64. The zero-order chi connectivity index (χ0) is 35.4. The Labute approximate surface area is 308 Å². The Bertz CT molecular complexity index is 1980. The van der Waals surface area contributed by atoms with Crippen molar-refractivity contribution in [2.75, 3.05) is 50.4 Å². The second-order valence-corrected chi connectivity index (χ2v) is 13.7. The lowest BCUT2D eigenvalue weighted by Crippen LogP contribution is -2.34. The summed E-state index contributed by atoms with van der Waals surface area (Å²) in [5, 5.41) is 24.6. The van der Waals surface area contributed by atoms with Gasteiger partial charge in [0.1, 0.15) is 11.6 Å². The third kappa shape index (κ3) is 9.46. The first-order valence-electron chi connectivity index (χ1n) is 18.5. The fraction of sp³-hybridized carbons (Fsp3) is 0.273. The number of fused-ring (bicyclic) bond motifs is 1. The minimum atomic E-state index is 0.812. The van der Waals surface area contributed by atoms with Crippen molar-refractivity contribution in [3.8, 4) is 33.6 Å². The van der Waals surface area contributed by atoms with Crippen LogP contribution in [0, 0.1) is 0 Å². The van der Waals surface area contributed by atoms with Crippen molar-refractivity contribution in [1.82, 2.24) is 30.2 Å². The Morgan fingerprint density at radius 2 is 1.21 bits per heavy atom. The highest BCUT2D eigenvalue weighted by Gasteiger charge is 2.15. The quantitative estimate of drug-likeness (QED) is 0.0981. The molecule has 2 aromatic heterocycles. The highest BCUT2D eigenvalue weighted by molar-refractivity contribution is 5.71. The topological polar surface area (TPSA) is 82.1 Å². The molecule has 4 aromatic carbocycles. The zero-order valence-corrected chi connectivity index (χ0v) is 30.1. The first-order chi connectivity index (χ1) is 25.7. The van der Waals surface area contributed by atoms with Crippen LogP contribution in [0.1, 0.15) is 36.0 Å². The molecule has 6 aromatic rings. The van der Waals surface area contributed by atoms with Gasteiger partial charge in [-0.05, 0) is 84.9 Å². The van der Waals surface area contributed by atoms with Gasteiger partial charge in [-0.25, -0.2) is 0 Å². The van der Waals surface area contributed by atoms with E-state index in [4.69, 9.17) is 0 Å². The molecule has 0 atom stereocenters. The van der Waals surface area contributed by atoms with Crippen LogP contribution in [0.15, 0.2) is 127 Å². The molecule has 0 bridgehead atoms. The van der Waals surface area contributed by atoms with E-state index in [2.05, 4.69) is 139 Å². The summed E-state index contributed by atoms with van der Waals surface area (Å²) in [4.78, 5) is 4.92. The Kier molecular flexibility index (Phi) is 11.9. The fourth-order valence-electron chi connectivity index (χ4n) is 6.89. The zero-order valence-electron chi connectivity index (χ0n) is 30.1. The average Bonchev–Trinajstić information content (AvgIpc) is 3.20. The third-order valence-corrected chi connectivity index (χ3v) is 9.81. The van der Waals surface area contributed by atoms with Crippen molar-refractivity contribution in [2.24, 2.45) is 0 Å². The number of nitrogens with zero attached hydrogens (tertiary/aromatic N) is 6. The van der Waals surface area contributed by atoms with Gasteiger partial charge in [0.05, 0.1) is 11.4 Å². The van der Waals surface area contributed by atoms with Crippen molar-refractivity contribution in [3.63, 3.8) is 0 Å². The summed E-state index contributed by atoms with van der Waals surface area (Å²) in [6.45, 7) is 6.79. The van der Waals surface area contributed by atoms with E-state index in [-0.39, 0.29) is 0 Å². The van der Waals surface area contributed by atoms with Gasteiger partial charge >= 0.3 is 0 Å². The number of hydrogen-bond donors (Lipinski definition) is 2. The van der Waals surface area contributed by atoms with Gasteiger partial charge in [0.15, 0.2) is 0 Å². The van der Waals surface area contributed by atoms with E-state index in [1.165, 1.54) is 27.8 Å². The second kappa shape index (κ2) is 17.7.